The molecule has 112 valence electrons. The van der Waals surface area contributed by atoms with E-state index in [0.717, 1.165) is 31.8 Å². The summed E-state index contributed by atoms with van der Waals surface area (Å²) in [5, 5.41) is 6.39. The average molecular weight is 279 g/mol. The van der Waals surface area contributed by atoms with E-state index in [2.05, 4.69) is 22.5 Å². The number of nitrogens with zero attached hydrogens (tertiary/aromatic N) is 1. The SMILES string of the molecule is CCCN(CC(=O)NCc1ccco1)CC1CCCN1. The third-order valence-corrected chi connectivity index (χ3v) is 3.59. The predicted molar refractivity (Wildman–Crippen MR) is 78.3 cm³/mol. The Balaban J connectivity index is 1.72. The quantitative estimate of drug-likeness (QED) is 0.754. The smallest absolute Gasteiger partial charge is 0.234 e. The van der Waals surface area contributed by atoms with Crippen molar-refractivity contribution in [2.75, 3.05) is 26.2 Å². The summed E-state index contributed by atoms with van der Waals surface area (Å²) in [5.74, 6) is 0.852. The summed E-state index contributed by atoms with van der Waals surface area (Å²) in [5.41, 5.74) is 0. The van der Waals surface area contributed by atoms with Crippen molar-refractivity contribution in [1.29, 1.82) is 0 Å². The topological polar surface area (TPSA) is 57.5 Å². The van der Waals surface area contributed by atoms with Gasteiger partial charge in [0.05, 0.1) is 19.4 Å². The number of carbonyl (C=O) groups excluding carboxylic acids is 1. The highest BCUT2D eigenvalue weighted by Crippen LogP contribution is 2.07. The van der Waals surface area contributed by atoms with Crippen LogP contribution in [0.3, 0.4) is 0 Å². The molecule has 0 saturated carbocycles. The van der Waals surface area contributed by atoms with Crippen LogP contribution in [0.4, 0.5) is 0 Å². The van der Waals surface area contributed by atoms with E-state index in [1.54, 1.807) is 6.26 Å². The maximum Gasteiger partial charge on any atom is 0.234 e. The highest BCUT2D eigenvalue weighted by Gasteiger charge is 2.19. The molecule has 5 heteroatoms. The van der Waals surface area contributed by atoms with E-state index in [0.29, 0.717) is 19.1 Å². The molecule has 2 rings (SSSR count). The van der Waals surface area contributed by atoms with Crippen LogP contribution in [0.15, 0.2) is 22.8 Å². The summed E-state index contributed by atoms with van der Waals surface area (Å²) < 4.78 is 5.21. The first-order valence-electron chi connectivity index (χ1n) is 7.52. The first-order valence-corrected chi connectivity index (χ1v) is 7.52. The van der Waals surface area contributed by atoms with Gasteiger partial charge in [-0.2, -0.15) is 0 Å². The molecule has 1 aromatic heterocycles. The largest absolute Gasteiger partial charge is 0.467 e. The molecule has 0 aromatic carbocycles. The molecule has 0 aliphatic carbocycles. The van der Waals surface area contributed by atoms with Crippen LogP contribution < -0.4 is 10.6 Å². The lowest BCUT2D eigenvalue weighted by Crippen LogP contribution is -2.43. The minimum Gasteiger partial charge on any atom is -0.467 e. The average Bonchev–Trinajstić information content (AvgIpc) is 3.09. The van der Waals surface area contributed by atoms with Gasteiger partial charge in [-0.3, -0.25) is 9.69 Å². The van der Waals surface area contributed by atoms with Gasteiger partial charge < -0.3 is 15.1 Å². The van der Waals surface area contributed by atoms with Gasteiger partial charge in [0.1, 0.15) is 5.76 Å². The van der Waals surface area contributed by atoms with Gasteiger partial charge in [-0.1, -0.05) is 6.92 Å². The van der Waals surface area contributed by atoms with Crippen LogP contribution in [0, 0.1) is 0 Å². The number of furan rings is 1. The van der Waals surface area contributed by atoms with E-state index in [1.807, 2.05) is 12.1 Å². The Hall–Kier alpha value is -1.33. The Labute approximate surface area is 120 Å². The summed E-state index contributed by atoms with van der Waals surface area (Å²) in [6, 6.07) is 4.24. The zero-order valence-electron chi connectivity index (χ0n) is 12.2. The van der Waals surface area contributed by atoms with Gasteiger partial charge in [-0.05, 0) is 44.5 Å². The molecule has 1 saturated heterocycles. The number of carbonyl (C=O) groups is 1. The van der Waals surface area contributed by atoms with Gasteiger partial charge in [-0.15, -0.1) is 0 Å². The molecule has 1 atom stereocenters. The van der Waals surface area contributed by atoms with E-state index in [9.17, 15) is 4.79 Å². The first kappa shape index (κ1) is 15.1. The molecule has 2 N–H and O–H groups in total. The predicted octanol–water partition coefficient (Wildman–Crippen LogP) is 1.36. The zero-order valence-corrected chi connectivity index (χ0v) is 12.2. The van der Waals surface area contributed by atoms with Gasteiger partial charge in [-0.25, -0.2) is 0 Å². The molecule has 1 amide bonds. The van der Waals surface area contributed by atoms with Crippen LogP contribution in [-0.2, 0) is 11.3 Å². The van der Waals surface area contributed by atoms with Crippen LogP contribution in [0.25, 0.3) is 0 Å². The van der Waals surface area contributed by atoms with Crippen molar-refractivity contribution in [3.63, 3.8) is 0 Å². The highest BCUT2D eigenvalue weighted by molar-refractivity contribution is 5.77. The molecule has 0 radical (unpaired) electrons. The van der Waals surface area contributed by atoms with Crippen LogP contribution >= 0.6 is 0 Å². The second-order valence-electron chi connectivity index (χ2n) is 5.38. The lowest BCUT2D eigenvalue weighted by atomic mass is 10.2. The zero-order chi connectivity index (χ0) is 14.2. The maximum atomic E-state index is 12.0. The van der Waals surface area contributed by atoms with Crippen LogP contribution in [-0.4, -0.2) is 43.0 Å². The number of hydrogen-bond acceptors (Lipinski definition) is 4. The van der Waals surface area contributed by atoms with E-state index < -0.39 is 0 Å². The molecular formula is C15H25N3O2. The molecule has 1 aromatic rings. The molecule has 1 aliphatic rings. The summed E-state index contributed by atoms with van der Waals surface area (Å²) in [6.07, 6.45) is 5.15. The van der Waals surface area contributed by atoms with Crippen molar-refractivity contribution in [3.8, 4) is 0 Å². The second kappa shape index (κ2) is 8.07. The fourth-order valence-corrected chi connectivity index (χ4v) is 2.63. The van der Waals surface area contributed by atoms with Crippen molar-refractivity contribution in [2.24, 2.45) is 0 Å². The summed E-state index contributed by atoms with van der Waals surface area (Å²) in [4.78, 5) is 14.2. The summed E-state index contributed by atoms with van der Waals surface area (Å²) >= 11 is 0. The van der Waals surface area contributed by atoms with Crippen LogP contribution in [0.2, 0.25) is 0 Å². The van der Waals surface area contributed by atoms with Crippen LogP contribution in [0.5, 0.6) is 0 Å². The Morgan fingerprint density at radius 3 is 3.15 bits per heavy atom. The van der Waals surface area contributed by atoms with Crippen molar-refractivity contribution in [3.05, 3.63) is 24.2 Å². The minimum absolute atomic E-state index is 0.0628. The molecule has 1 aliphatic heterocycles. The number of hydrogen-bond donors (Lipinski definition) is 2. The third kappa shape index (κ3) is 4.98. The fraction of sp³-hybridized carbons (Fsp3) is 0.667. The molecule has 20 heavy (non-hydrogen) atoms. The molecule has 0 spiro atoms. The van der Waals surface area contributed by atoms with Gasteiger partial charge in [0.2, 0.25) is 5.91 Å². The maximum absolute atomic E-state index is 12.0. The van der Waals surface area contributed by atoms with E-state index in [-0.39, 0.29) is 5.91 Å². The van der Waals surface area contributed by atoms with Gasteiger partial charge >= 0.3 is 0 Å². The normalized spacial score (nSPS) is 18.6. The van der Waals surface area contributed by atoms with E-state index >= 15 is 0 Å². The number of rotatable bonds is 8. The second-order valence-corrected chi connectivity index (χ2v) is 5.38. The standard InChI is InChI=1S/C15H25N3O2/c1-2-8-18(11-13-5-3-7-16-13)12-15(19)17-10-14-6-4-9-20-14/h4,6,9,13,16H,2-3,5,7-8,10-12H2,1H3,(H,17,19). The highest BCUT2D eigenvalue weighted by atomic mass is 16.3. The summed E-state index contributed by atoms with van der Waals surface area (Å²) in [7, 11) is 0. The fourth-order valence-electron chi connectivity index (χ4n) is 2.63. The first-order chi connectivity index (χ1) is 9.78. The lowest BCUT2D eigenvalue weighted by molar-refractivity contribution is -0.122. The Morgan fingerprint density at radius 2 is 2.50 bits per heavy atom. The monoisotopic (exact) mass is 279 g/mol. The molecule has 2 heterocycles. The molecular weight excluding hydrogens is 254 g/mol. The minimum atomic E-state index is 0.0628. The van der Waals surface area contributed by atoms with E-state index in [1.165, 1.54) is 12.8 Å². The van der Waals surface area contributed by atoms with Crippen molar-refractivity contribution in [1.82, 2.24) is 15.5 Å². The molecule has 1 fully saturated rings. The van der Waals surface area contributed by atoms with Crippen molar-refractivity contribution >= 4 is 5.91 Å². The van der Waals surface area contributed by atoms with Crippen molar-refractivity contribution in [2.45, 2.75) is 38.8 Å². The Bertz CT molecular complexity index is 386. The van der Waals surface area contributed by atoms with E-state index in [4.69, 9.17) is 4.42 Å². The molecule has 0 bridgehead atoms. The van der Waals surface area contributed by atoms with Crippen LogP contribution in [0.1, 0.15) is 31.9 Å². The van der Waals surface area contributed by atoms with Gasteiger partial charge in [0.25, 0.3) is 0 Å². The van der Waals surface area contributed by atoms with Gasteiger partial charge in [0, 0.05) is 12.6 Å². The number of amides is 1. The Morgan fingerprint density at radius 1 is 1.60 bits per heavy atom. The molecule has 1 unspecified atom stereocenters. The Kier molecular flexibility index (Phi) is 6.08. The van der Waals surface area contributed by atoms with Gasteiger partial charge in [0.15, 0.2) is 0 Å². The summed E-state index contributed by atoms with van der Waals surface area (Å²) in [6.45, 7) is 6.11. The third-order valence-electron chi connectivity index (χ3n) is 3.59. The molecule has 5 nitrogen and oxygen atoms in total. The number of nitrogens with one attached hydrogen (secondary N) is 2. The van der Waals surface area contributed by atoms with Crippen molar-refractivity contribution < 1.29 is 9.21 Å². The lowest BCUT2D eigenvalue weighted by Gasteiger charge is -2.24.